The fraction of sp³-hybridized carbons (Fsp3) is 0.188. The normalized spacial score (nSPS) is 12.2. The third-order valence-corrected chi connectivity index (χ3v) is 3.41. The van der Waals surface area contributed by atoms with Gasteiger partial charge in [-0.2, -0.15) is 0 Å². The van der Waals surface area contributed by atoms with Gasteiger partial charge >= 0.3 is 0 Å². The Hall–Kier alpha value is -1.51. The van der Waals surface area contributed by atoms with E-state index in [-0.39, 0.29) is 36.5 Å². The van der Waals surface area contributed by atoms with Crippen LogP contribution in [0.4, 0.5) is 5.69 Å². The Kier molecular flexibility index (Phi) is 8.15. The van der Waals surface area contributed by atoms with Gasteiger partial charge < -0.3 is 20.9 Å². The predicted molar refractivity (Wildman–Crippen MR) is 105 cm³/mol. The van der Waals surface area contributed by atoms with Crippen molar-refractivity contribution in [1.82, 2.24) is 0 Å². The van der Waals surface area contributed by atoms with Gasteiger partial charge in [0.05, 0.1) is 13.7 Å². The molecule has 2 rings (SSSR count). The van der Waals surface area contributed by atoms with E-state index in [2.05, 4.69) is 10.3 Å². The van der Waals surface area contributed by atoms with Gasteiger partial charge in [-0.05, 0) is 30.3 Å². The average molecular weight is 448 g/mol. The third kappa shape index (κ3) is 5.89. The number of aliphatic imine (C=N–C) groups is 1. The maximum Gasteiger partial charge on any atom is 0.193 e. The quantitative estimate of drug-likeness (QED) is 0.373. The van der Waals surface area contributed by atoms with Gasteiger partial charge in [0.25, 0.3) is 0 Å². The zero-order valence-electron chi connectivity index (χ0n) is 12.6. The third-order valence-electron chi connectivity index (χ3n) is 3.06. The monoisotopic (exact) mass is 447 g/mol. The van der Waals surface area contributed by atoms with E-state index < -0.39 is 6.10 Å². The molecule has 1 unspecified atom stereocenters. The van der Waals surface area contributed by atoms with Crippen LogP contribution in [0.3, 0.4) is 0 Å². The number of rotatable bonds is 5. The van der Waals surface area contributed by atoms with E-state index in [1.54, 1.807) is 25.3 Å². The summed E-state index contributed by atoms with van der Waals surface area (Å²) in [6, 6.07) is 14.4. The Morgan fingerprint density at radius 2 is 1.91 bits per heavy atom. The second-order valence-corrected chi connectivity index (χ2v) is 5.02. The van der Waals surface area contributed by atoms with Gasteiger partial charge in [0.1, 0.15) is 11.9 Å². The summed E-state index contributed by atoms with van der Waals surface area (Å²) in [5, 5.41) is 13.5. The molecule has 0 amide bonds. The number of ether oxygens (including phenoxy) is 1. The molecular weight excluding hydrogens is 429 g/mol. The zero-order valence-corrected chi connectivity index (χ0v) is 15.7. The number of halogens is 2. The first-order valence-electron chi connectivity index (χ1n) is 6.73. The largest absolute Gasteiger partial charge is 0.497 e. The average Bonchev–Trinajstić information content (AvgIpc) is 2.54. The molecule has 0 fully saturated rings. The maximum atomic E-state index is 10.1. The number of nitrogens with zero attached hydrogens (tertiary/aromatic N) is 1. The van der Waals surface area contributed by atoms with E-state index in [9.17, 15) is 5.11 Å². The molecule has 0 aromatic heterocycles. The van der Waals surface area contributed by atoms with Gasteiger partial charge in [-0.25, -0.2) is 0 Å². The Labute approximate surface area is 157 Å². The lowest BCUT2D eigenvalue weighted by Gasteiger charge is -2.11. The van der Waals surface area contributed by atoms with Gasteiger partial charge in [0.2, 0.25) is 0 Å². The molecule has 2 aromatic rings. The van der Waals surface area contributed by atoms with E-state index in [0.29, 0.717) is 10.6 Å². The van der Waals surface area contributed by atoms with Crippen molar-refractivity contribution in [3.05, 3.63) is 59.1 Å². The van der Waals surface area contributed by atoms with Crippen LogP contribution in [0, 0.1) is 0 Å². The molecule has 2 aromatic carbocycles. The van der Waals surface area contributed by atoms with Crippen LogP contribution >= 0.6 is 35.6 Å². The highest BCUT2D eigenvalue weighted by atomic mass is 127. The van der Waals surface area contributed by atoms with Gasteiger partial charge in [-0.3, -0.25) is 4.99 Å². The molecule has 0 heterocycles. The Morgan fingerprint density at radius 3 is 2.52 bits per heavy atom. The van der Waals surface area contributed by atoms with Gasteiger partial charge in [-0.15, -0.1) is 24.0 Å². The number of anilines is 1. The van der Waals surface area contributed by atoms with Crippen molar-refractivity contribution < 1.29 is 9.84 Å². The highest BCUT2D eigenvalue weighted by Crippen LogP contribution is 2.22. The summed E-state index contributed by atoms with van der Waals surface area (Å²) in [5.74, 6) is 0.978. The number of nitrogens with one attached hydrogen (secondary N) is 1. The van der Waals surface area contributed by atoms with Crippen LogP contribution in [0.25, 0.3) is 0 Å². The van der Waals surface area contributed by atoms with E-state index in [1.807, 2.05) is 30.3 Å². The van der Waals surface area contributed by atoms with Gasteiger partial charge in [0, 0.05) is 16.3 Å². The highest BCUT2D eigenvalue weighted by Gasteiger charge is 2.10. The summed E-state index contributed by atoms with van der Waals surface area (Å²) in [6.07, 6.45) is -0.801. The van der Waals surface area contributed by atoms with Crippen LogP contribution in [-0.4, -0.2) is 24.7 Å². The van der Waals surface area contributed by atoms with Crippen LogP contribution in [0.1, 0.15) is 11.7 Å². The number of nitrogens with two attached hydrogens (primary N) is 1. The minimum Gasteiger partial charge on any atom is -0.497 e. The molecule has 23 heavy (non-hydrogen) atoms. The lowest BCUT2D eigenvalue weighted by molar-refractivity contribution is 0.187. The molecule has 5 nitrogen and oxygen atoms in total. The zero-order chi connectivity index (χ0) is 15.9. The molecule has 0 saturated carbocycles. The first-order valence-corrected chi connectivity index (χ1v) is 7.11. The van der Waals surface area contributed by atoms with Crippen LogP contribution in [0.15, 0.2) is 53.5 Å². The topological polar surface area (TPSA) is 79.9 Å². The highest BCUT2D eigenvalue weighted by molar-refractivity contribution is 14.0. The Morgan fingerprint density at radius 1 is 1.26 bits per heavy atom. The molecule has 0 radical (unpaired) electrons. The molecule has 4 N–H and O–H groups in total. The maximum absolute atomic E-state index is 10.1. The van der Waals surface area contributed by atoms with Crippen molar-refractivity contribution in [3.8, 4) is 5.75 Å². The molecule has 124 valence electrons. The first kappa shape index (κ1) is 19.5. The summed E-state index contributed by atoms with van der Waals surface area (Å²) in [5.41, 5.74) is 7.22. The molecular formula is C16H19ClIN3O2. The van der Waals surface area contributed by atoms with Crippen molar-refractivity contribution in [2.45, 2.75) is 6.10 Å². The van der Waals surface area contributed by atoms with Crippen LogP contribution in [0.5, 0.6) is 5.75 Å². The fourth-order valence-electron chi connectivity index (χ4n) is 1.89. The van der Waals surface area contributed by atoms with Crippen LogP contribution < -0.4 is 15.8 Å². The number of aliphatic hydroxyl groups excluding tert-OH is 1. The number of hydrogen-bond acceptors (Lipinski definition) is 3. The molecule has 0 aliphatic rings. The van der Waals surface area contributed by atoms with Gasteiger partial charge in [-0.1, -0.05) is 29.8 Å². The van der Waals surface area contributed by atoms with Crippen LogP contribution in [-0.2, 0) is 0 Å². The lowest BCUT2D eigenvalue weighted by Crippen LogP contribution is -2.23. The SMILES string of the molecule is COc1ccc(NC(N)=NCC(O)c2ccccc2Cl)cc1.I. The fourth-order valence-corrected chi connectivity index (χ4v) is 2.15. The van der Waals surface area contributed by atoms with Crippen molar-refractivity contribution in [3.63, 3.8) is 0 Å². The second-order valence-electron chi connectivity index (χ2n) is 4.62. The molecule has 0 aliphatic carbocycles. The Balaban J connectivity index is 0.00000264. The van der Waals surface area contributed by atoms with Crippen molar-refractivity contribution in [2.75, 3.05) is 19.0 Å². The molecule has 0 saturated heterocycles. The summed E-state index contributed by atoms with van der Waals surface area (Å²) in [6.45, 7) is 0.124. The Bertz CT molecular complexity index is 650. The summed E-state index contributed by atoms with van der Waals surface area (Å²) in [7, 11) is 1.61. The number of aliphatic hydroxyl groups is 1. The minimum absolute atomic E-state index is 0. The molecule has 0 spiro atoms. The van der Waals surface area contributed by atoms with Crippen molar-refractivity contribution in [1.29, 1.82) is 0 Å². The van der Waals surface area contributed by atoms with E-state index in [4.69, 9.17) is 22.1 Å². The number of methoxy groups -OCH3 is 1. The van der Waals surface area contributed by atoms with E-state index in [1.165, 1.54) is 0 Å². The smallest absolute Gasteiger partial charge is 0.193 e. The van der Waals surface area contributed by atoms with Gasteiger partial charge in [0.15, 0.2) is 5.96 Å². The van der Waals surface area contributed by atoms with E-state index >= 15 is 0 Å². The molecule has 1 atom stereocenters. The number of guanidine groups is 1. The number of hydrogen-bond donors (Lipinski definition) is 3. The van der Waals surface area contributed by atoms with Crippen molar-refractivity contribution >= 4 is 47.2 Å². The minimum atomic E-state index is -0.801. The van der Waals surface area contributed by atoms with Crippen molar-refractivity contribution in [2.24, 2.45) is 10.7 Å². The standard InChI is InChI=1S/C16H18ClN3O2.HI/c1-22-12-8-6-11(7-9-12)20-16(18)19-10-15(21)13-4-2-3-5-14(13)17;/h2-9,15,21H,10H2,1H3,(H3,18,19,20);1H. The first-order chi connectivity index (χ1) is 10.6. The predicted octanol–water partition coefficient (Wildman–Crippen LogP) is 3.43. The molecule has 7 heteroatoms. The second kappa shape index (κ2) is 9.59. The molecule has 0 bridgehead atoms. The molecule has 0 aliphatic heterocycles. The summed E-state index contributed by atoms with van der Waals surface area (Å²) >= 11 is 6.03. The summed E-state index contributed by atoms with van der Waals surface area (Å²) in [4.78, 5) is 4.12. The lowest BCUT2D eigenvalue weighted by atomic mass is 10.1. The number of benzene rings is 2. The van der Waals surface area contributed by atoms with E-state index in [0.717, 1.165) is 11.4 Å². The summed E-state index contributed by atoms with van der Waals surface area (Å²) < 4.78 is 5.08. The van der Waals surface area contributed by atoms with Crippen LogP contribution in [0.2, 0.25) is 5.02 Å².